The first-order chi connectivity index (χ1) is 12.2. The Bertz CT molecular complexity index is 920. The van der Waals surface area contributed by atoms with Gasteiger partial charge in [-0.15, -0.1) is 11.3 Å². The van der Waals surface area contributed by atoms with Gasteiger partial charge in [-0.1, -0.05) is 30.0 Å². The molecule has 1 N–H and O–H groups in total. The highest BCUT2D eigenvalue weighted by molar-refractivity contribution is 7.99. The van der Waals surface area contributed by atoms with Crippen LogP contribution in [0, 0.1) is 0 Å². The van der Waals surface area contributed by atoms with Gasteiger partial charge in [-0.3, -0.25) is 9.59 Å². The molecular weight excluding hydrogens is 354 g/mol. The molecule has 2 heterocycles. The maximum Gasteiger partial charge on any atom is 0.283 e. The van der Waals surface area contributed by atoms with E-state index in [9.17, 15) is 9.59 Å². The van der Waals surface area contributed by atoms with Gasteiger partial charge in [-0.2, -0.15) is 0 Å². The Morgan fingerprint density at radius 2 is 2.12 bits per heavy atom. The number of thiophene rings is 1. The summed E-state index contributed by atoms with van der Waals surface area (Å²) in [6.45, 7) is 3.10. The molecule has 0 bridgehead atoms. The summed E-state index contributed by atoms with van der Waals surface area (Å²) in [7, 11) is 0. The highest BCUT2D eigenvalue weighted by atomic mass is 32.2. The SMILES string of the molecule is CCn1c(=O)c(SCC(=O)NCCc2cccs2)nc2ccccc21. The van der Waals surface area contributed by atoms with Crippen LogP contribution in [0.2, 0.25) is 0 Å². The number of thioether (sulfide) groups is 1. The minimum atomic E-state index is -0.141. The Morgan fingerprint density at radius 3 is 2.88 bits per heavy atom. The minimum Gasteiger partial charge on any atom is -0.355 e. The van der Waals surface area contributed by atoms with Crippen LogP contribution in [0.1, 0.15) is 11.8 Å². The summed E-state index contributed by atoms with van der Waals surface area (Å²) in [5, 5.41) is 5.28. The van der Waals surface area contributed by atoms with Crippen molar-refractivity contribution in [3.05, 3.63) is 57.0 Å². The molecule has 25 heavy (non-hydrogen) atoms. The third-order valence-electron chi connectivity index (χ3n) is 3.75. The molecule has 0 fully saturated rings. The normalized spacial score (nSPS) is 10.9. The molecule has 5 nitrogen and oxygen atoms in total. The Balaban J connectivity index is 1.63. The molecule has 3 rings (SSSR count). The Hall–Kier alpha value is -2.12. The molecular formula is C18H19N3O2S2. The van der Waals surface area contributed by atoms with E-state index in [1.54, 1.807) is 15.9 Å². The van der Waals surface area contributed by atoms with Gasteiger partial charge >= 0.3 is 0 Å². The number of rotatable bonds is 7. The average Bonchev–Trinajstić information content (AvgIpc) is 3.13. The molecule has 0 atom stereocenters. The summed E-state index contributed by atoms with van der Waals surface area (Å²) in [5.41, 5.74) is 1.45. The van der Waals surface area contributed by atoms with E-state index in [0.29, 0.717) is 18.1 Å². The molecule has 2 aromatic heterocycles. The largest absolute Gasteiger partial charge is 0.355 e. The zero-order valence-corrected chi connectivity index (χ0v) is 15.5. The fourth-order valence-electron chi connectivity index (χ4n) is 2.54. The Kier molecular flexibility index (Phi) is 5.88. The lowest BCUT2D eigenvalue weighted by Gasteiger charge is -2.10. The van der Waals surface area contributed by atoms with Crippen LogP contribution in [0.25, 0.3) is 11.0 Å². The van der Waals surface area contributed by atoms with Crippen LogP contribution in [0.3, 0.4) is 0 Å². The number of carbonyl (C=O) groups excluding carboxylic acids is 1. The number of nitrogens with one attached hydrogen (secondary N) is 1. The highest BCUT2D eigenvalue weighted by Crippen LogP contribution is 2.16. The lowest BCUT2D eigenvalue weighted by molar-refractivity contribution is -0.118. The molecule has 0 unspecified atom stereocenters. The van der Waals surface area contributed by atoms with Crippen molar-refractivity contribution in [2.75, 3.05) is 12.3 Å². The highest BCUT2D eigenvalue weighted by Gasteiger charge is 2.12. The molecule has 0 aliphatic rings. The van der Waals surface area contributed by atoms with Crippen LogP contribution in [-0.4, -0.2) is 27.8 Å². The van der Waals surface area contributed by atoms with Crippen molar-refractivity contribution in [2.45, 2.75) is 24.9 Å². The van der Waals surface area contributed by atoms with E-state index in [4.69, 9.17) is 0 Å². The summed E-state index contributed by atoms with van der Waals surface area (Å²) in [6, 6.07) is 11.6. The third-order valence-corrected chi connectivity index (χ3v) is 5.63. The number of para-hydroxylation sites is 2. The number of aryl methyl sites for hydroxylation is 1. The fraction of sp³-hybridized carbons (Fsp3) is 0.278. The number of nitrogens with zero attached hydrogens (tertiary/aromatic N) is 2. The maximum absolute atomic E-state index is 12.5. The van der Waals surface area contributed by atoms with E-state index < -0.39 is 0 Å². The van der Waals surface area contributed by atoms with E-state index in [1.165, 1.54) is 16.6 Å². The summed E-state index contributed by atoms with van der Waals surface area (Å²) in [5.74, 6) is 0.105. The molecule has 7 heteroatoms. The fourth-order valence-corrected chi connectivity index (χ4v) is 4.02. The number of benzene rings is 1. The van der Waals surface area contributed by atoms with Gasteiger partial charge in [0.05, 0.1) is 16.8 Å². The summed E-state index contributed by atoms with van der Waals surface area (Å²) < 4.78 is 1.69. The number of carbonyl (C=O) groups is 1. The topological polar surface area (TPSA) is 64.0 Å². The maximum atomic E-state index is 12.5. The minimum absolute atomic E-state index is 0.0843. The second-order valence-electron chi connectivity index (χ2n) is 5.42. The first kappa shape index (κ1) is 17.7. The third kappa shape index (κ3) is 4.29. The van der Waals surface area contributed by atoms with Gasteiger partial charge in [0.1, 0.15) is 0 Å². The number of amides is 1. The molecule has 0 spiro atoms. The van der Waals surface area contributed by atoms with Gasteiger partial charge in [0.2, 0.25) is 5.91 Å². The van der Waals surface area contributed by atoms with Crippen molar-refractivity contribution < 1.29 is 4.79 Å². The summed E-state index contributed by atoms with van der Waals surface area (Å²) in [6.07, 6.45) is 0.824. The van der Waals surface area contributed by atoms with Crippen LogP contribution in [-0.2, 0) is 17.8 Å². The second-order valence-corrected chi connectivity index (χ2v) is 7.42. The Labute approximate surface area is 154 Å². The van der Waals surface area contributed by atoms with Gasteiger partial charge in [0.15, 0.2) is 5.03 Å². The van der Waals surface area contributed by atoms with Gasteiger partial charge in [0.25, 0.3) is 5.56 Å². The van der Waals surface area contributed by atoms with E-state index in [0.717, 1.165) is 17.5 Å². The zero-order valence-electron chi connectivity index (χ0n) is 13.9. The van der Waals surface area contributed by atoms with Crippen molar-refractivity contribution in [3.8, 4) is 0 Å². The van der Waals surface area contributed by atoms with Crippen LogP contribution in [0.4, 0.5) is 0 Å². The predicted molar refractivity (Wildman–Crippen MR) is 103 cm³/mol. The van der Waals surface area contributed by atoms with Gasteiger partial charge in [0, 0.05) is 18.0 Å². The van der Waals surface area contributed by atoms with Crippen molar-refractivity contribution in [2.24, 2.45) is 0 Å². The lowest BCUT2D eigenvalue weighted by atomic mass is 10.3. The lowest BCUT2D eigenvalue weighted by Crippen LogP contribution is -2.28. The van der Waals surface area contributed by atoms with Crippen molar-refractivity contribution in [1.82, 2.24) is 14.9 Å². The number of fused-ring (bicyclic) bond motifs is 1. The molecule has 0 saturated heterocycles. The van der Waals surface area contributed by atoms with Crippen molar-refractivity contribution in [1.29, 1.82) is 0 Å². The number of aromatic nitrogens is 2. The first-order valence-electron chi connectivity index (χ1n) is 8.10. The standard InChI is InChI=1S/C18H19N3O2S2/c1-2-21-15-8-4-3-7-14(15)20-17(18(21)23)25-12-16(22)19-10-9-13-6-5-11-24-13/h3-8,11H,2,9-10,12H2,1H3,(H,19,22). The molecule has 1 amide bonds. The predicted octanol–water partition coefficient (Wildman–Crippen LogP) is 2.93. The Morgan fingerprint density at radius 1 is 1.28 bits per heavy atom. The zero-order chi connectivity index (χ0) is 17.6. The van der Waals surface area contributed by atoms with Crippen molar-refractivity contribution >= 4 is 40.0 Å². The van der Waals surface area contributed by atoms with Crippen LogP contribution in [0.5, 0.6) is 0 Å². The van der Waals surface area contributed by atoms with Crippen LogP contribution >= 0.6 is 23.1 Å². The number of hydrogen-bond donors (Lipinski definition) is 1. The van der Waals surface area contributed by atoms with Crippen molar-refractivity contribution in [3.63, 3.8) is 0 Å². The van der Waals surface area contributed by atoms with Gasteiger partial charge in [-0.05, 0) is 36.9 Å². The smallest absolute Gasteiger partial charge is 0.283 e. The average molecular weight is 374 g/mol. The molecule has 0 radical (unpaired) electrons. The van der Waals surface area contributed by atoms with Gasteiger partial charge in [-0.25, -0.2) is 4.98 Å². The summed E-state index contributed by atoms with van der Waals surface area (Å²) in [4.78, 5) is 30.2. The van der Waals surface area contributed by atoms with E-state index in [2.05, 4.69) is 16.4 Å². The molecule has 3 aromatic rings. The molecule has 130 valence electrons. The van der Waals surface area contributed by atoms with E-state index in [-0.39, 0.29) is 17.2 Å². The molecule has 0 aliphatic carbocycles. The van der Waals surface area contributed by atoms with Crippen LogP contribution < -0.4 is 10.9 Å². The quantitative estimate of drug-likeness (QED) is 0.647. The van der Waals surface area contributed by atoms with Crippen LogP contribution in [0.15, 0.2) is 51.6 Å². The number of hydrogen-bond acceptors (Lipinski definition) is 5. The monoisotopic (exact) mass is 373 g/mol. The second kappa shape index (κ2) is 8.31. The first-order valence-corrected chi connectivity index (χ1v) is 9.97. The summed E-state index contributed by atoms with van der Waals surface area (Å²) >= 11 is 2.87. The van der Waals surface area contributed by atoms with E-state index in [1.807, 2.05) is 42.6 Å². The molecule has 0 saturated carbocycles. The van der Waals surface area contributed by atoms with Gasteiger partial charge < -0.3 is 9.88 Å². The van der Waals surface area contributed by atoms with E-state index >= 15 is 0 Å². The molecule has 1 aromatic carbocycles. The molecule has 0 aliphatic heterocycles.